The van der Waals surface area contributed by atoms with E-state index in [-0.39, 0.29) is 5.56 Å². The molecule has 0 aliphatic carbocycles. The first-order chi connectivity index (χ1) is 15.3. The third kappa shape index (κ3) is 3.17. The van der Waals surface area contributed by atoms with Gasteiger partial charge in [-0.15, -0.1) is 0 Å². The summed E-state index contributed by atoms with van der Waals surface area (Å²) in [6, 6.07) is 11.1. The van der Waals surface area contributed by atoms with Crippen molar-refractivity contribution in [3.05, 3.63) is 59.7 Å². The largest absolute Gasteiger partial charge is 0.497 e. The summed E-state index contributed by atoms with van der Waals surface area (Å²) in [7, 11) is 4.38. The Morgan fingerprint density at radius 1 is 0.906 bits per heavy atom. The van der Waals surface area contributed by atoms with Crippen LogP contribution in [-0.4, -0.2) is 60.7 Å². The van der Waals surface area contributed by atoms with Crippen LogP contribution in [0, 0.1) is 11.8 Å². The number of benzene rings is 2. The number of carbonyl (C=O) groups excluding carboxylic acids is 4. The first kappa shape index (κ1) is 21.4. The molecule has 2 saturated heterocycles. The fraction of sp³-hybridized carbons (Fsp3) is 0.304. The second-order valence-electron chi connectivity index (χ2n) is 7.80. The maximum absolute atomic E-state index is 13.7. The van der Waals surface area contributed by atoms with Gasteiger partial charge < -0.3 is 20.1 Å². The molecule has 0 radical (unpaired) electrons. The highest BCUT2D eigenvalue weighted by Gasteiger charge is 2.64. The van der Waals surface area contributed by atoms with Gasteiger partial charge in [-0.05, 0) is 35.9 Å². The number of fused-ring (bicyclic) bond motifs is 1. The normalized spacial score (nSPS) is 24.5. The Labute approximate surface area is 184 Å². The zero-order valence-electron chi connectivity index (χ0n) is 17.8. The van der Waals surface area contributed by atoms with Crippen molar-refractivity contribution in [1.82, 2.24) is 9.80 Å². The minimum absolute atomic E-state index is 0.252. The zero-order valence-corrected chi connectivity index (χ0v) is 17.8. The molecule has 9 nitrogen and oxygen atoms in total. The number of primary amides is 1. The Kier molecular flexibility index (Phi) is 5.33. The van der Waals surface area contributed by atoms with E-state index in [1.54, 1.807) is 42.5 Å². The number of hydrogen-bond donors (Lipinski definition) is 1. The maximum Gasteiger partial charge on any atom is 0.255 e. The van der Waals surface area contributed by atoms with Crippen molar-refractivity contribution in [3.8, 4) is 11.5 Å². The Morgan fingerprint density at radius 3 is 2.12 bits per heavy atom. The number of imide groups is 1. The monoisotopic (exact) mass is 437 g/mol. The first-order valence-electron chi connectivity index (χ1n) is 10.0. The van der Waals surface area contributed by atoms with Crippen LogP contribution in [0.15, 0.2) is 48.5 Å². The van der Waals surface area contributed by atoms with Gasteiger partial charge in [0.25, 0.3) is 5.91 Å². The average molecular weight is 437 g/mol. The van der Waals surface area contributed by atoms with Crippen LogP contribution < -0.4 is 15.2 Å². The molecule has 2 N–H and O–H groups in total. The second kappa shape index (κ2) is 7.99. The van der Waals surface area contributed by atoms with Gasteiger partial charge in [0.1, 0.15) is 17.5 Å². The van der Waals surface area contributed by atoms with Crippen molar-refractivity contribution in [2.75, 3.05) is 21.3 Å². The SMILES string of the molecule is COc1ccc(C2C3C(=O)N(C)C(=O)C3C(C(N)=O)N2C(=O)c2cccc(OC)c2)cc1. The third-order valence-electron chi connectivity index (χ3n) is 6.20. The lowest BCUT2D eigenvalue weighted by atomic mass is 9.86. The molecule has 4 atom stereocenters. The lowest BCUT2D eigenvalue weighted by Gasteiger charge is -2.32. The molecule has 4 unspecified atom stereocenters. The van der Waals surface area contributed by atoms with Gasteiger partial charge in [-0.1, -0.05) is 18.2 Å². The zero-order chi connectivity index (χ0) is 23.2. The summed E-state index contributed by atoms with van der Waals surface area (Å²) in [4.78, 5) is 54.5. The Morgan fingerprint density at radius 2 is 1.53 bits per heavy atom. The number of nitrogens with two attached hydrogens (primary N) is 1. The predicted molar refractivity (Wildman–Crippen MR) is 113 cm³/mol. The molecule has 0 saturated carbocycles. The van der Waals surface area contributed by atoms with Crippen LogP contribution in [0.5, 0.6) is 11.5 Å². The number of ether oxygens (including phenoxy) is 2. The third-order valence-corrected chi connectivity index (χ3v) is 6.20. The van der Waals surface area contributed by atoms with Gasteiger partial charge in [-0.3, -0.25) is 24.1 Å². The molecule has 0 bridgehead atoms. The van der Waals surface area contributed by atoms with Gasteiger partial charge in [0, 0.05) is 12.6 Å². The molecule has 2 aliphatic rings. The molecular weight excluding hydrogens is 414 g/mol. The van der Waals surface area contributed by atoms with Crippen LogP contribution in [0.2, 0.25) is 0 Å². The molecule has 9 heteroatoms. The number of hydrogen-bond acceptors (Lipinski definition) is 6. The molecule has 2 aromatic carbocycles. The standard InChI is InChI=1S/C23H23N3O6/c1-25-22(29)16-17(23(25)30)19(20(24)27)26(18(16)12-7-9-14(31-2)10-8-12)21(28)13-5-4-6-15(11-13)32-3/h4-11,16-19H,1-3H3,(H2,24,27). The van der Waals surface area contributed by atoms with Crippen LogP contribution in [0.1, 0.15) is 22.0 Å². The summed E-state index contributed by atoms with van der Waals surface area (Å²) in [5, 5.41) is 0. The Balaban J connectivity index is 1.88. The Hall–Kier alpha value is -3.88. The number of likely N-dealkylation sites (tertiary alicyclic amines) is 2. The lowest BCUT2D eigenvalue weighted by molar-refractivity contribution is -0.141. The van der Waals surface area contributed by atoms with Crippen LogP contribution in [-0.2, 0) is 14.4 Å². The second-order valence-corrected chi connectivity index (χ2v) is 7.80. The van der Waals surface area contributed by atoms with Gasteiger partial charge in [0.05, 0.1) is 32.1 Å². The highest BCUT2D eigenvalue weighted by molar-refractivity contribution is 6.10. The molecule has 32 heavy (non-hydrogen) atoms. The minimum atomic E-state index is -1.27. The van der Waals surface area contributed by atoms with E-state index in [0.29, 0.717) is 17.1 Å². The summed E-state index contributed by atoms with van der Waals surface area (Å²) in [5.41, 5.74) is 6.54. The number of carbonyl (C=O) groups is 4. The van der Waals surface area contributed by atoms with Gasteiger partial charge >= 0.3 is 0 Å². The van der Waals surface area contributed by atoms with E-state index in [4.69, 9.17) is 15.2 Å². The van der Waals surface area contributed by atoms with Gasteiger partial charge in [-0.2, -0.15) is 0 Å². The molecule has 2 aliphatic heterocycles. The lowest BCUT2D eigenvalue weighted by Crippen LogP contribution is -2.50. The summed E-state index contributed by atoms with van der Waals surface area (Å²) >= 11 is 0. The van der Waals surface area contributed by atoms with Crippen molar-refractivity contribution in [2.45, 2.75) is 12.1 Å². The predicted octanol–water partition coefficient (Wildman–Crippen LogP) is 0.986. The van der Waals surface area contributed by atoms with Crippen LogP contribution >= 0.6 is 0 Å². The van der Waals surface area contributed by atoms with Crippen molar-refractivity contribution >= 4 is 23.6 Å². The molecule has 2 heterocycles. The summed E-state index contributed by atoms with van der Waals surface area (Å²) in [5.74, 6) is -3.27. The van der Waals surface area contributed by atoms with Crippen LogP contribution in [0.4, 0.5) is 0 Å². The molecule has 4 amide bonds. The average Bonchev–Trinajstić information content (AvgIpc) is 3.27. The molecule has 166 valence electrons. The van der Waals surface area contributed by atoms with Crippen molar-refractivity contribution in [1.29, 1.82) is 0 Å². The number of nitrogens with zero attached hydrogens (tertiary/aromatic N) is 2. The molecule has 4 rings (SSSR count). The van der Waals surface area contributed by atoms with E-state index in [0.717, 1.165) is 4.90 Å². The Bertz CT molecular complexity index is 1100. The molecule has 2 fully saturated rings. The fourth-order valence-electron chi connectivity index (χ4n) is 4.69. The topological polar surface area (TPSA) is 119 Å². The van der Waals surface area contributed by atoms with Gasteiger partial charge in [-0.25, -0.2) is 0 Å². The number of methoxy groups -OCH3 is 2. The first-order valence-corrected chi connectivity index (χ1v) is 10.0. The quantitative estimate of drug-likeness (QED) is 0.697. The van der Waals surface area contributed by atoms with E-state index < -0.39 is 47.5 Å². The highest BCUT2D eigenvalue weighted by atomic mass is 16.5. The number of amides is 4. The molecule has 0 spiro atoms. The van der Waals surface area contributed by atoms with Crippen molar-refractivity contribution in [2.24, 2.45) is 17.6 Å². The van der Waals surface area contributed by atoms with E-state index in [2.05, 4.69) is 0 Å². The van der Waals surface area contributed by atoms with E-state index in [9.17, 15) is 19.2 Å². The molecule has 0 aromatic heterocycles. The summed E-state index contributed by atoms with van der Waals surface area (Å²) in [6.45, 7) is 0. The van der Waals surface area contributed by atoms with Gasteiger partial charge in [0.2, 0.25) is 17.7 Å². The molecular formula is C23H23N3O6. The van der Waals surface area contributed by atoms with Crippen LogP contribution in [0.3, 0.4) is 0 Å². The number of rotatable bonds is 5. The fourth-order valence-corrected chi connectivity index (χ4v) is 4.69. The van der Waals surface area contributed by atoms with Crippen molar-refractivity contribution in [3.63, 3.8) is 0 Å². The minimum Gasteiger partial charge on any atom is -0.497 e. The van der Waals surface area contributed by atoms with E-state index in [1.165, 1.54) is 32.2 Å². The van der Waals surface area contributed by atoms with Crippen LogP contribution in [0.25, 0.3) is 0 Å². The van der Waals surface area contributed by atoms with Crippen molar-refractivity contribution < 1.29 is 28.7 Å². The van der Waals surface area contributed by atoms with Gasteiger partial charge in [0.15, 0.2) is 0 Å². The molecule has 2 aromatic rings. The maximum atomic E-state index is 13.7. The summed E-state index contributed by atoms with van der Waals surface area (Å²) < 4.78 is 10.4. The van der Waals surface area contributed by atoms with E-state index >= 15 is 0 Å². The summed E-state index contributed by atoms with van der Waals surface area (Å²) in [6.07, 6.45) is 0. The highest BCUT2D eigenvalue weighted by Crippen LogP contribution is 2.50. The smallest absolute Gasteiger partial charge is 0.255 e. The van der Waals surface area contributed by atoms with E-state index in [1.807, 2.05) is 0 Å².